The van der Waals surface area contributed by atoms with Gasteiger partial charge in [-0.15, -0.1) is 11.8 Å². The zero-order chi connectivity index (χ0) is 15.1. The topological polar surface area (TPSA) is 21.3 Å². The molecule has 0 aliphatic heterocycles. The summed E-state index contributed by atoms with van der Waals surface area (Å²) in [4.78, 5) is 1.19. The Kier molecular flexibility index (Phi) is 6.08. The van der Waals surface area contributed by atoms with Gasteiger partial charge in [-0.05, 0) is 43.8 Å². The van der Waals surface area contributed by atoms with Crippen molar-refractivity contribution in [1.29, 1.82) is 0 Å². The molecule has 1 N–H and O–H groups in total. The highest BCUT2D eigenvalue weighted by Gasteiger charge is 2.08. The van der Waals surface area contributed by atoms with Crippen LogP contribution >= 0.6 is 11.8 Å². The molecule has 0 bridgehead atoms. The average molecular weight is 305 g/mol. The van der Waals surface area contributed by atoms with Crippen LogP contribution in [0.5, 0.6) is 5.75 Å². The third kappa shape index (κ3) is 4.76. The molecule has 0 heterocycles. The minimum absolute atomic E-state index is 0.127. The van der Waals surface area contributed by atoms with Crippen LogP contribution in [0.1, 0.15) is 18.5 Å². The molecule has 21 heavy (non-hydrogen) atoms. The van der Waals surface area contributed by atoms with Crippen molar-refractivity contribution in [2.75, 3.05) is 19.4 Å². The van der Waals surface area contributed by atoms with Gasteiger partial charge in [0.2, 0.25) is 0 Å². The van der Waals surface area contributed by atoms with Crippen molar-refractivity contribution in [2.45, 2.75) is 17.9 Å². The predicted molar refractivity (Wildman–Crippen MR) is 86.5 cm³/mol. The molecule has 0 fully saturated rings. The van der Waals surface area contributed by atoms with Gasteiger partial charge in [0.05, 0.1) is 6.61 Å². The highest BCUT2D eigenvalue weighted by atomic mass is 32.2. The van der Waals surface area contributed by atoms with E-state index in [1.807, 2.05) is 38.2 Å². The minimum Gasteiger partial charge on any atom is -0.490 e. The van der Waals surface area contributed by atoms with Gasteiger partial charge in [-0.3, -0.25) is 0 Å². The van der Waals surface area contributed by atoms with Crippen LogP contribution in [0.3, 0.4) is 0 Å². The standard InChI is InChI=1S/C17H20FNOS/c1-13(19-2)14-8-9-17(16(18)12-14)20-10-11-21-15-6-4-3-5-7-15/h3-9,12-13,19H,10-11H2,1-2H3. The summed E-state index contributed by atoms with van der Waals surface area (Å²) in [5.74, 6) is 0.799. The highest BCUT2D eigenvalue weighted by molar-refractivity contribution is 7.99. The molecule has 4 heteroatoms. The Balaban J connectivity index is 1.83. The van der Waals surface area contributed by atoms with E-state index in [2.05, 4.69) is 17.4 Å². The lowest BCUT2D eigenvalue weighted by Crippen LogP contribution is -2.12. The van der Waals surface area contributed by atoms with Crippen LogP contribution in [-0.4, -0.2) is 19.4 Å². The van der Waals surface area contributed by atoms with Gasteiger partial charge in [0.1, 0.15) is 0 Å². The Morgan fingerprint density at radius 1 is 1.19 bits per heavy atom. The number of hydrogen-bond donors (Lipinski definition) is 1. The summed E-state index contributed by atoms with van der Waals surface area (Å²) in [6, 6.07) is 15.4. The molecule has 0 aliphatic carbocycles. The van der Waals surface area contributed by atoms with Crippen molar-refractivity contribution in [2.24, 2.45) is 0 Å². The van der Waals surface area contributed by atoms with Crippen molar-refractivity contribution in [1.82, 2.24) is 5.32 Å². The first-order valence-electron chi connectivity index (χ1n) is 6.98. The Labute approximate surface area is 129 Å². The third-order valence-corrected chi connectivity index (χ3v) is 4.22. The zero-order valence-electron chi connectivity index (χ0n) is 12.3. The van der Waals surface area contributed by atoms with Crippen molar-refractivity contribution in [3.8, 4) is 5.75 Å². The van der Waals surface area contributed by atoms with Crippen molar-refractivity contribution in [3.63, 3.8) is 0 Å². The monoisotopic (exact) mass is 305 g/mol. The fourth-order valence-corrected chi connectivity index (χ4v) is 2.65. The summed E-state index contributed by atoms with van der Waals surface area (Å²) in [5.41, 5.74) is 0.918. The Hall–Kier alpha value is -1.52. The van der Waals surface area contributed by atoms with Gasteiger partial charge in [0, 0.05) is 16.7 Å². The molecule has 2 rings (SSSR count). The molecule has 1 atom stereocenters. The number of rotatable bonds is 7. The first-order chi connectivity index (χ1) is 10.2. The van der Waals surface area contributed by atoms with Gasteiger partial charge in [0.25, 0.3) is 0 Å². The molecule has 2 nitrogen and oxygen atoms in total. The maximum absolute atomic E-state index is 13.9. The molecule has 0 aromatic heterocycles. The van der Waals surface area contributed by atoms with Crippen LogP contribution in [0.15, 0.2) is 53.4 Å². The second-order valence-corrected chi connectivity index (χ2v) is 5.88. The van der Waals surface area contributed by atoms with Crippen LogP contribution in [0, 0.1) is 5.82 Å². The number of halogens is 1. The fraction of sp³-hybridized carbons (Fsp3) is 0.294. The molecular weight excluding hydrogens is 285 g/mol. The smallest absolute Gasteiger partial charge is 0.165 e. The molecule has 1 unspecified atom stereocenters. The lowest BCUT2D eigenvalue weighted by Gasteiger charge is -2.13. The van der Waals surface area contributed by atoms with Crippen molar-refractivity contribution < 1.29 is 9.13 Å². The number of thioether (sulfide) groups is 1. The van der Waals surface area contributed by atoms with Crippen LogP contribution in [0.2, 0.25) is 0 Å². The summed E-state index contributed by atoms with van der Waals surface area (Å²) in [6.07, 6.45) is 0. The largest absolute Gasteiger partial charge is 0.490 e. The molecule has 0 saturated heterocycles. The fourth-order valence-electron chi connectivity index (χ4n) is 1.90. The van der Waals surface area contributed by atoms with E-state index in [0.29, 0.717) is 12.4 Å². The van der Waals surface area contributed by atoms with Crippen molar-refractivity contribution in [3.05, 3.63) is 59.9 Å². The highest BCUT2D eigenvalue weighted by Crippen LogP contribution is 2.23. The third-order valence-electron chi connectivity index (χ3n) is 3.24. The number of benzene rings is 2. The lowest BCUT2D eigenvalue weighted by atomic mass is 10.1. The second kappa shape index (κ2) is 8.05. The van der Waals surface area contributed by atoms with Crippen LogP contribution in [0.25, 0.3) is 0 Å². The van der Waals surface area contributed by atoms with Gasteiger partial charge in [-0.2, -0.15) is 0 Å². The van der Waals surface area contributed by atoms with Gasteiger partial charge in [0.15, 0.2) is 11.6 Å². The van der Waals surface area contributed by atoms with E-state index < -0.39 is 0 Å². The molecular formula is C17H20FNOS. The summed E-state index contributed by atoms with van der Waals surface area (Å²) in [6.45, 7) is 2.48. The Morgan fingerprint density at radius 2 is 1.95 bits per heavy atom. The predicted octanol–water partition coefficient (Wildman–Crippen LogP) is 4.28. The minimum atomic E-state index is -0.306. The number of hydrogen-bond acceptors (Lipinski definition) is 3. The molecule has 0 radical (unpaired) electrons. The van der Waals surface area contributed by atoms with Crippen LogP contribution in [0.4, 0.5) is 4.39 Å². The van der Waals surface area contributed by atoms with E-state index in [9.17, 15) is 4.39 Å². The van der Waals surface area contributed by atoms with Gasteiger partial charge in [-0.25, -0.2) is 4.39 Å². The van der Waals surface area contributed by atoms with Gasteiger partial charge < -0.3 is 10.1 Å². The second-order valence-electron chi connectivity index (χ2n) is 4.71. The normalized spacial score (nSPS) is 12.1. The quantitative estimate of drug-likeness (QED) is 0.609. The first-order valence-corrected chi connectivity index (χ1v) is 7.96. The first kappa shape index (κ1) is 15.9. The SMILES string of the molecule is CNC(C)c1ccc(OCCSc2ccccc2)c(F)c1. The Morgan fingerprint density at radius 3 is 2.62 bits per heavy atom. The zero-order valence-corrected chi connectivity index (χ0v) is 13.1. The van der Waals surface area contributed by atoms with E-state index in [1.54, 1.807) is 17.8 Å². The summed E-state index contributed by atoms with van der Waals surface area (Å²) in [7, 11) is 1.85. The van der Waals surface area contributed by atoms with Gasteiger partial charge in [-0.1, -0.05) is 24.3 Å². The molecule has 112 valence electrons. The number of nitrogens with one attached hydrogen (secondary N) is 1. The summed E-state index contributed by atoms with van der Waals surface area (Å²) < 4.78 is 19.4. The van der Waals surface area contributed by atoms with E-state index in [1.165, 1.54) is 11.0 Å². The molecule has 0 spiro atoms. The van der Waals surface area contributed by atoms with E-state index >= 15 is 0 Å². The summed E-state index contributed by atoms with van der Waals surface area (Å²) in [5, 5.41) is 3.09. The molecule has 0 aliphatic rings. The van der Waals surface area contributed by atoms with Crippen LogP contribution < -0.4 is 10.1 Å². The molecule has 0 saturated carbocycles. The molecule has 2 aromatic rings. The van der Waals surface area contributed by atoms with E-state index in [-0.39, 0.29) is 11.9 Å². The number of ether oxygens (including phenoxy) is 1. The Bertz CT molecular complexity index is 562. The maximum Gasteiger partial charge on any atom is 0.165 e. The van der Waals surface area contributed by atoms with Crippen molar-refractivity contribution >= 4 is 11.8 Å². The molecule has 2 aromatic carbocycles. The lowest BCUT2D eigenvalue weighted by molar-refractivity contribution is 0.324. The van der Waals surface area contributed by atoms with E-state index in [0.717, 1.165) is 11.3 Å². The molecule has 0 amide bonds. The average Bonchev–Trinajstić information content (AvgIpc) is 2.53. The maximum atomic E-state index is 13.9. The van der Waals surface area contributed by atoms with Crippen LogP contribution in [-0.2, 0) is 0 Å². The summed E-state index contributed by atoms with van der Waals surface area (Å²) >= 11 is 1.70. The van der Waals surface area contributed by atoms with Gasteiger partial charge >= 0.3 is 0 Å². The van der Waals surface area contributed by atoms with E-state index in [4.69, 9.17) is 4.74 Å².